The number of pyridine rings is 2. The third-order valence-electron chi connectivity index (χ3n) is 5.96. The maximum absolute atomic E-state index is 13.0. The second kappa shape index (κ2) is 9.83. The van der Waals surface area contributed by atoms with Crippen LogP contribution in [0, 0.1) is 5.92 Å². The summed E-state index contributed by atoms with van der Waals surface area (Å²) < 4.78 is 33.2. The third kappa shape index (κ3) is 5.18. The molecule has 3 heterocycles. The monoisotopic (exact) mass is 461 g/mol. The van der Waals surface area contributed by atoms with Crippen molar-refractivity contribution in [2.24, 2.45) is 5.92 Å². The first-order valence-corrected chi connectivity index (χ1v) is 12.2. The predicted molar refractivity (Wildman–Crippen MR) is 123 cm³/mol. The largest absolute Gasteiger partial charge is 0.380 e. The van der Waals surface area contributed by atoms with Gasteiger partial charge in [-0.25, -0.2) is 14.7 Å². The molecule has 0 saturated carbocycles. The smallest absolute Gasteiger partial charge is 0.281 e. The average Bonchev–Trinajstić information content (AvgIpc) is 3.03. The highest BCUT2D eigenvalue weighted by atomic mass is 32.2. The number of aromatic nitrogens is 2. The van der Waals surface area contributed by atoms with Crippen LogP contribution in [0.5, 0.6) is 0 Å². The standard InChI is InChI=1S/C22H31N5O4S/c1-5-31-15-13-23-18-9-6-10-19(25-18)32(29,30)26-21(28)17-8-7-12-24-20(17)27-14-11-16(2)22(27,3)4/h6-10,12,16H,5,11,13-15H2,1-4H3,(H,23,25)(H,26,28). The van der Waals surface area contributed by atoms with Gasteiger partial charge in [-0.05, 0) is 57.4 Å². The van der Waals surface area contributed by atoms with Crippen molar-refractivity contribution < 1.29 is 17.9 Å². The van der Waals surface area contributed by atoms with Gasteiger partial charge in [0.15, 0.2) is 5.03 Å². The topological polar surface area (TPSA) is 114 Å². The van der Waals surface area contributed by atoms with E-state index in [4.69, 9.17) is 4.74 Å². The molecule has 1 atom stereocenters. The van der Waals surface area contributed by atoms with Crippen molar-refractivity contribution in [1.82, 2.24) is 14.7 Å². The molecular weight excluding hydrogens is 430 g/mol. The van der Waals surface area contributed by atoms with Crippen LogP contribution in [-0.4, -0.2) is 56.1 Å². The molecule has 1 aliphatic rings. The molecule has 32 heavy (non-hydrogen) atoms. The number of nitrogens with zero attached hydrogens (tertiary/aromatic N) is 3. The van der Waals surface area contributed by atoms with Crippen molar-refractivity contribution in [2.45, 2.75) is 44.7 Å². The Hall–Kier alpha value is -2.72. The number of amides is 1. The molecule has 1 saturated heterocycles. The normalized spacial score (nSPS) is 17.9. The van der Waals surface area contributed by atoms with Crippen LogP contribution >= 0.6 is 0 Å². The summed E-state index contributed by atoms with van der Waals surface area (Å²) in [7, 11) is -4.17. The fourth-order valence-electron chi connectivity index (χ4n) is 3.69. The van der Waals surface area contributed by atoms with E-state index in [1.54, 1.807) is 30.5 Å². The molecule has 10 heteroatoms. The van der Waals surface area contributed by atoms with E-state index in [0.717, 1.165) is 13.0 Å². The van der Waals surface area contributed by atoms with E-state index in [9.17, 15) is 13.2 Å². The number of carbonyl (C=O) groups excluding carboxylic acids is 1. The lowest BCUT2D eigenvalue weighted by Crippen LogP contribution is -2.43. The lowest BCUT2D eigenvalue weighted by molar-refractivity contribution is 0.0981. The second-order valence-electron chi connectivity index (χ2n) is 8.29. The molecular formula is C22H31N5O4S. The molecule has 1 unspecified atom stereocenters. The number of carbonyl (C=O) groups is 1. The minimum Gasteiger partial charge on any atom is -0.380 e. The molecule has 0 radical (unpaired) electrons. The Morgan fingerprint density at radius 3 is 2.75 bits per heavy atom. The average molecular weight is 462 g/mol. The molecule has 1 fully saturated rings. The maximum Gasteiger partial charge on any atom is 0.281 e. The molecule has 0 aliphatic carbocycles. The number of sulfonamides is 1. The minimum atomic E-state index is -4.17. The number of anilines is 2. The fourth-order valence-corrected chi connectivity index (χ4v) is 4.62. The molecule has 0 spiro atoms. The van der Waals surface area contributed by atoms with Crippen LogP contribution in [0.15, 0.2) is 41.6 Å². The Bertz CT molecular complexity index is 1060. The highest BCUT2D eigenvalue weighted by Crippen LogP contribution is 2.38. The SMILES string of the molecule is CCOCCNc1cccc(S(=O)(=O)NC(=O)c2cccnc2N2CCC(C)C2(C)C)n1. The molecule has 2 aromatic heterocycles. The van der Waals surface area contributed by atoms with E-state index in [-0.39, 0.29) is 16.1 Å². The number of rotatable bonds is 9. The van der Waals surface area contributed by atoms with Crippen LogP contribution in [0.2, 0.25) is 0 Å². The molecule has 0 aromatic carbocycles. The quantitative estimate of drug-likeness (QED) is 0.548. The summed E-state index contributed by atoms with van der Waals surface area (Å²) in [5.74, 6) is 0.537. The summed E-state index contributed by atoms with van der Waals surface area (Å²) in [5, 5.41) is 2.76. The van der Waals surface area contributed by atoms with Gasteiger partial charge in [-0.2, -0.15) is 8.42 Å². The third-order valence-corrected chi connectivity index (χ3v) is 7.19. The van der Waals surface area contributed by atoms with E-state index in [1.165, 1.54) is 6.07 Å². The Labute approximate surface area is 189 Å². The molecule has 1 amide bonds. The lowest BCUT2D eigenvalue weighted by Gasteiger charge is -2.36. The zero-order chi connectivity index (χ0) is 23.4. The number of hydrogen-bond acceptors (Lipinski definition) is 8. The van der Waals surface area contributed by atoms with Gasteiger partial charge in [-0.1, -0.05) is 13.0 Å². The summed E-state index contributed by atoms with van der Waals surface area (Å²) in [6.45, 7) is 10.6. The highest BCUT2D eigenvalue weighted by molar-refractivity contribution is 7.90. The van der Waals surface area contributed by atoms with Gasteiger partial charge in [0.1, 0.15) is 11.6 Å². The first-order chi connectivity index (χ1) is 15.2. The van der Waals surface area contributed by atoms with Crippen molar-refractivity contribution in [3.63, 3.8) is 0 Å². The van der Waals surface area contributed by atoms with Gasteiger partial charge in [0.05, 0.1) is 12.2 Å². The first-order valence-electron chi connectivity index (χ1n) is 10.7. The second-order valence-corrected chi connectivity index (χ2v) is 9.92. The van der Waals surface area contributed by atoms with Crippen molar-refractivity contribution in [3.05, 3.63) is 42.1 Å². The van der Waals surface area contributed by atoms with Crippen molar-refractivity contribution in [2.75, 3.05) is 36.5 Å². The van der Waals surface area contributed by atoms with Gasteiger partial charge >= 0.3 is 0 Å². The summed E-state index contributed by atoms with van der Waals surface area (Å²) in [4.78, 5) is 23.6. The van der Waals surface area contributed by atoms with Crippen LogP contribution in [0.25, 0.3) is 0 Å². The van der Waals surface area contributed by atoms with Crippen LogP contribution < -0.4 is 14.9 Å². The predicted octanol–water partition coefficient (Wildman–Crippen LogP) is 2.67. The molecule has 3 rings (SSSR count). The Morgan fingerprint density at radius 2 is 2.06 bits per heavy atom. The van der Waals surface area contributed by atoms with E-state index in [1.807, 2.05) is 6.92 Å². The Morgan fingerprint density at radius 1 is 1.28 bits per heavy atom. The number of hydrogen-bond donors (Lipinski definition) is 2. The first kappa shape index (κ1) is 23.9. The van der Waals surface area contributed by atoms with Crippen molar-refractivity contribution >= 4 is 27.6 Å². The Balaban J connectivity index is 1.79. The van der Waals surface area contributed by atoms with E-state index in [2.05, 4.69) is 45.7 Å². The van der Waals surface area contributed by atoms with Crippen molar-refractivity contribution in [3.8, 4) is 0 Å². The van der Waals surface area contributed by atoms with E-state index >= 15 is 0 Å². The zero-order valence-corrected chi connectivity index (χ0v) is 19.8. The molecule has 1 aliphatic heterocycles. The van der Waals surface area contributed by atoms with E-state index in [0.29, 0.717) is 37.3 Å². The molecule has 0 bridgehead atoms. The maximum atomic E-state index is 13.0. The molecule has 2 aromatic rings. The van der Waals surface area contributed by atoms with Crippen LogP contribution in [0.3, 0.4) is 0 Å². The van der Waals surface area contributed by atoms with Gasteiger partial charge in [-0.15, -0.1) is 0 Å². The van der Waals surface area contributed by atoms with Crippen LogP contribution in [-0.2, 0) is 14.8 Å². The van der Waals surface area contributed by atoms with E-state index < -0.39 is 15.9 Å². The summed E-state index contributed by atoms with van der Waals surface area (Å²) >= 11 is 0. The Kier molecular flexibility index (Phi) is 7.35. The van der Waals surface area contributed by atoms with Gasteiger partial charge < -0.3 is 15.0 Å². The lowest BCUT2D eigenvalue weighted by atomic mass is 9.90. The summed E-state index contributed by atoms with van der Waals surface area (Å²) in [6.07, 6.45) is 2.58. The summed E-state index contributed by atoms with van der Waals surface area (Å²) in [6, 6.07) is 7.78. The zero-order valence-electron chi connectivity index (χ0n) is 19.0. The van der Waals surface area contributed by atoms with Gasteiger partial charge in [0.2, 0.25) is 0 Å². The summed E-state index contributed by atoms with van der Waals surface area (Å²) in [5.41, 5.74) is 0.00919. The number of ether oxygens (including phenoxy) is 1. The van der Waals surface area contributed by atoms with Crippen LogP contribution in [0.1, 0.15) is 44.5 Å². The highest BCUT2D eigenvalue weighted by Gasteiger charge is 2.40. The number of nitrogens with one attached hydrogen (secondary N) is 2. The molecule has 9 nitrogen and oxygen atoms in total. The molecule has 2 N–H and O–H groups in total. The van der Waals surface area contributed by atoms with Gasteiger partial charge in [0.25, 0.3) is 15.9 Å². The van der Waals surface area contributed by atoms with Gasteiger partial charge in [0, 0.05) is 31.4 Å². The van der Waals surface area contributed by atoms with Crippen LogP contribution in [0.4, 0.5) is 11.6 Å². The minimum absolute atomic E-state index is 0.203. The van der Waals surface area contributed by atoms with Crippen molar-refractivity contribution in [1.29, 1.82) is 0 Å². The molecule has 174 valence electrons. The fraction of sp³-hybridized carbons (Fsp3) is 0.500. The van der Waals surface area contributed by atoms with Gasteiger partial charge in [-0.3, -0.25) is 4.79 Å².